The smallest absolute Gasteiger partial charge is 0.374 e. The SMILES string of the molecule is Fc1c(Cl)cc([C@]2(C(F)(F)F)CC(c3ccc(C4(F)CN(C(c5ccccc5)c5ccccc5)C4)cc3)=NO2)cc1Cl. The molecule has 6 rings (SSSR count). The van der Waals surface area contributed by atoms with E-state index in [-0.39, 0.29) is 24.8 Å². The summed E-state index contributed by atoms with van der Waals surface area (Å²) in [7, 11) is 0. The Labute approximate surface area is 249 Å². The minimum atomic E-state index is -4.92. The fraction of sp³-hybridized carbons (Fsp3) is 0.219. The molecule has 2 aliphatic rings. The van der Waals surface area contributed by atoms with Gasteiger partial charge in [-0.25, -0.2) is 8.78 Å². The highest BCUT2D eigenvalue weighted by Crippen LogP contribution is 2.50. The molecule has 4 aromatic rings. The molecule has 0 unspecified atom stereocenters. The number of nitrogens with zero attached hydrogens (tertiary/aromatic N) is 2. The fourth-order valence-electron chi connectivity index (χ4n) is 5.66. The standard InChI is InChI=1S/C32H23Cl2F5N2O/c33-25-15-24(16-26(34)28(25)35)31(32(37,38)39)17-27(40-42-31)20-11-13-23(14-12-20)30(36)18-41(19-30)29(21-7-3-1-4-8-21)22-9-5-2-6-10-22/h1-16,29H,17-19H2/t31-/m0/s1. The van der Waals surface area contributed by atoms with E-state index >= 15 is 4.39 Å². The molecule has 2 aliphatic heterocycles. The summed E-state index contributed by atoms with van der Waals surface area (Å²) in [6, 6.07) is 27.5. The highest BCUT2D eigenvalue weighted by atomic mass is 35.5. The largest absolute Gasteiger partial charge is 0.435 e. The molecule has 0 radical (unpaired) electrons. The predicted molar refractivity (Wildman–Crippen MR) is 152 cm³/mol. The number of halogens is 7. The lowest BCUT2D eigenvalue weighted by atomic mass is 9.83. The van der Waals surface area contributed by atoms with Crippen molar-refractivity contribution in [3.8, 4) is 0 Å². The van der Waals surface area contributed by atoms with Crippen molar-refractivity contribution in [2.45, 2.75) is 29.9 Å². The zero-order valence-electron chi connectivity index (χ0n) is 21.9. The summed E-state index contributed by atoms with van der Waals surface area (Å²) in [5, 5.41) is 2.60. The topological polar surface area (TPSA) is 24.8 Å². The normalized spacial score (nSPS) is 20.2. The van der Waals surface area contributed by atoms with Crippen LogP contribution in [0.1, 0.15) is 40.3 Å². The van der Waals surface area contributed by atoms with Crippen LogP contribution in [0.3, 0.4) is 0 Å². The number of hydrogen-bond donors (Lipinski definition) is 0. The molecule has 4 aromatic carbocycles. The van der Waals surface area contributed by atoms with Gasteiger partial charge in [0.1, 0.15) is 0 Å². The molecule has 0 amide bonds. The Balaban J connectivity index is 1.21. The van der Waals surface area contributed by atoms with Crippen molar-refractivity contribution < 1.29 is 26.8 Å². The van der Waals surface area contributed by atoms with E-state index in [1.165, 1.54) is 12.1 Å². The summed E-state index contributed by atoms with van der Waals surface area (Å²) in [4.78, 5) is 7.06. The molecule has 0 aromatic heterocycles. The molecule has 1 saturated heterocycles. The summed E-state index contributed by atoms with van der Waals surface area (Å²) >= 11 is 11.6. The average Bonchev–Trinajstić information content (AvgIpc) is 3.43. The van der Waals surface area contributed by atoms with Crippen molar-refractivity contribution in [2.24, 2.45) is 5.16 Å². The van der Waals surface area contributed by atoms with Gasteiger partial charge < -0.3 is 4.84 Å². The van der Waals surface area contributed by atoms with Gasteiger partial charge in [0.25, 0.3) is 5.60 Å². The van der Waals surface area contributed by atoms with Gasteiger partial charge >= 0.3 is 6.18 Å². The minimum absolute atomic E-state index is 0.00630. The molecule has 1 fully saturated rings. The van der Waals surface area contributed by atoms with Crippen LogP contribution in [0.15, 0.2) is 102 Å². The van der Waals surface area contributed by atoms with Crippen molar-refractivity contribution in [1.29, 1.82) is 0 Å². The van der Waals surface area contributed by atoms with Crippen molar-refractivity contribution >= 4 is 28.9 Å². The van der Waals surface area contributed by atoms with Crippen LogP contribution < -0.4 is 0 Å². The van der Waals surface area contributed by atoms with Crippen LogP contribution in [0.4, 0.5) is 22.0 Å². The quantitative estimate of drug-likeness (QED) is 0.159. The van der Waals surface area contributed by atoms with E-state index < -0.39 is 45.3 Å². The number of alkyl halides is 4. The van der Waals surface area contributed by atoms with Gasteiger partial charge in [-0.1, -0.05) is 113 Å². The maximum absolute atomic E-state index is 16.1. The molecule has 2 heterocycles. The van der Waals surface area contributed by atoms with Gasteiger partial charge in [-0.3, -0.25) is 4.90 Å². The Morgan fingerprint density at radius 3 is 1.81 bits per heavy atom. The fourth-order valence-corrected chi connectivity index (χ4v) is 6.14. The first kappa shape index (κ1) is 28.6. The number of likely N-dealkylation sites (tertiary alicyclic amines) is 1. The maximum atomic E-state index is 16.1. The van der Waals surface area contributed by atoms with E-state index in [0.29, 0.717) is 11.1 Å². The lowest BCUT2D eigenvalue weighted by Gasteiger charge is -2.49. The van der Waals surface area contributed by atoms with E-state index in [0.717, 1.165) is 23.3 Å². The summed E-state index contributed by atoms with van der Waals surface area (Å²) < 4.78 is 73.0. The average molecular weight is 617 g/mol. The van der Waals surface area contributed by atoms with Crippen LogP contribution in [0.5, 0.6) is 0 Å². The summed E-state index contributed by atoms with van der Waals surface area (Å²) in [5.74, 6) is -1.03. The third-order valence-electron chi connectivity index (χ3n) is 7.87. The molecule has 1 atom stereocenters. The predicted octanol–water partition coefficient (Wildman–Crippen LogP) is 8.98. The van der Waals surface area contributed by atoms with E-state index in [9.17, 15) is 17.6 Å². The van der Waals surface area contributed by atoms with E-state index in [1.807, 2.05) is 60.7 Å². The minimum Gasteiger partial charge on any atom is -0.374 e. The third-order valence-corrected chi connectivity index (χ3v) is 8.42. The highest BCUT2D eigenvalue weighted by molar-refractivity contribution is 6.35. The molecular weight excluding hydrogens is 594 g/mol. The Morgan fingerprint density at radius 2 is 1.31 bits per heavy atom. The van der Waals surface area contributed by atoms with Gasteiger partial charge in [0.15, 0.2) is 11.5 Å². The zero-order chi connectivity index (χ0) is 29.7. The first-order valence-corrected chi connectivity index (χ1v) is 13.9. The van der Waals surface area contributed by atoms with Crippen molar-refractivity contribution in [1.82, 2.24) is 4.90 Å². The van der Waals surface area contributed by atoms with Gasteiger partial charge in [0, 0.05) is 25.1 Å². The Bertz CT molecular complexity index is 1560. The van der Waals surface area contributed by atoms with Gasteiger partial charge in [-0.05, 0) is 34.4 Å². The van der Waals surface area contributed by atoms with Crippen LogP contribution in [0.2, 0.25) is 10.0 Å². The van der Waals surface area contributed by atoms with Crippen LogP contribution in [-0.2, 0) is 16.1 Å². The Hall–Kier alpha value is -3.46. The second-order valence-corrected chi connectivity index (χ2v) is 11.4. The second-order valence-electron chi connectivity index (χ2n) is 10.6. The molecular formula is C32H23Cl2F5N2O. The van der Waals surface area contributed by atoms with Gasteiger partial charge in [-0.15, -0.1) is 0 Å². The van der Waals surface area contributed by atoms with Crippen LogP contribution >= 0.6 is 23.2 Å². The molecule has 42 heavy (non-hydrogen) atoms. The van der Waals surface area contributed by atoms with Crippen molar-refractivity contribution in [2.75, 3.05) is 13.1 Å². The number of oxime groups is 1. The highest BCUT2D eigenvalue weighted by Gasteiger charge is 2.62. The van der Waals surface area contributed by atoms with Crippen LogP contribution in [-0.4, -0.2) is 29.9 Å². The second kappa shape index (κ2) is 10.7. The summed E-state index contributed by atoms with van der Waals surface area (Å²) in [6.07, 6.45) is -5.62. The molecule has 0 N–H and O–H groups in total. The Kier molecular flexibility index (Phi) is 7.28. The molecule has 0 aliphatic carbocycles. The van der Waals surface area contributed by atoms with Gasteiger partial charge in [0.05, 0.1) is 21.8 Å². The number of hydrogen-bond acceptors (Lipinski definition) is 3. The molecule has 0 spiro atoms. The van der Waals surface area contributed by atoms with E-state index in [2.05, 4.69) is 10.1 Å². The molecule has 10 heteroatoms. The third kappa shape index (κ3) is 4.95. The Morgan fingerprint density at radius 1 is 0.786 bits per heavy atom. The molecule has 3 nitrogen and oxygen atoms in total. The van der Waals surface area contributed by atoms with Crippen molar-refractivity contribution in [3.05, 3.63) is 141 Å². The first-order chi connectivity index (χ1) is 20.0. The van der Waals surface area contributed by atoms with Gasteiger partial charge in [0.2, 0.25) is 0 Å². The monoisotopic (exact) mass is 616 g/mol. The zero-order valence-corrected chi connectivity index (χ0v) is 23.4. The lowest BCUT2D eigenvalue weighted by Crippen LogP contribution is -2.57. The molecule has 0 bridgehead atoms. The van der Waals surface area contributed by atoms with E-state index in [1.54, 1.807) is 12.1 Å². The summed E-state index contributed by atoms with van der Waals surface area (Å²) in [5.41, 5.74) is -2.13. The number of benzene rings is 4. The molecule has 0 saturated carbocycles. The van der Waals surface area contributed by atoms with Crippen molar-refractivity contribution in [3.63, 3.8) is 0 Å². The maximum Gasteiger partial charge on any atom is 0.435 e. The van der Waals surface area contributed by atoms with E-state index in [4.69, 9.17) is 28.0 Å². The molecule has 216 valence electrons. The van der Waals surface area contributed by atoms with Gasteiger partial charge in [-0.2, -0.15) is 13.2 Å². The lowest BCUT2D eigenvalue weighted by molar-refractivity contribution is -0.275. The number of rotatable bonds is 6. The van der Waals surface area contributed by atoms with Crippen LogP contribution in [0, 0.1) is 5.82 Å². The summed E-state index contributed by atoms with van der Waals surface area (Å²) in [6.45, 7) is 0.294. The first-order valence-electron chi connectivity index (χ1n) is 13.1. The van der Waals surface area contributed by atoms with Crippen LogP contribution in [0.25, 0.3) is 0 Å².